The Labute approximate surface area is 132 Å². The van der Waals surface area contributed by atoms with E-state index < -0.39 is 0 Å². The molecule has 1 aromatic carbocycles. The van der Waals surface area contributed by atoms with Gasteiger partial charge in [-0.2, -0.15) is 0 Å². The van der Waals surface area contributed by atoms with E-state index in [1.807, 2.05) is 0 Å². The molecule has 2 aromatic rings. The molecule has 2 heterocycles. The van der Waals surface area contributed by atoms with Gasteiger partial charge in [-0.05, 0) is 12.5 Å². The van der Waals surface area contributed by atoms with Gasteiger partial charge in [-0.1, -0.05) is 29.8 Å². The van der Waals surface area contributed by atoms with Gasteiger partial charge in [0.25, 0.3) is 5.91 Å². The summed E-state index contributed by atoms with van der Waals surface area (Å²) in [6.07, 6.45) is 3.92. The van der Waals surface area contributed by atoms with Crippen molar-refractivity contribution in [3.8, 4) is 0 Å². The zero-order chi connectivity index (χ0) is 15.4. The van der Waals surface area contributed by atoms with Crippen LogP contribution in [0.25, 0.3) is 0 Å². The van der Waals surface area contributed by atoms with E-state index in [0.717, 1.165) is 11.3 Å². The molecule has 1 amide bonds. The molecule has 114 valence electrons. The van der Waals surface area contributed by atoms with Crippen molar-refractivity contribution in [2.45, 2.75) is 13.3 Å². The first-order chi connectivity index (χ1) is 10.7. The molecule has 3 rings (SSSR count). The van der Waals surface area contributed by atoms with E-state index in [2.05, 4.69) is 41.5 Å². The number of aromatic nitrogens is 1. The number of thiazole rings is 1. The number of hydrogen-bond donors (Lipinski definition) is 1. The highest BCUT2D eigenvalue weighted by molar-refractivity contribution is 7.15. The maximum absolute atomic E-state index is 12.0. The van der Waals surface area contributed by atoms with E-state index >= 15 is 0 Å². The number of benzene rings is 1. The highest BCUT2D eigenvalue weighted by Gasteiger charge is 2.16. The minimum absolute atomic E-state index is 0.182. The fourth-order valence-corrected chi connectivity index (χ4v) is 2.84. The molecule has 5 nitrogen and oxygen atoms in total. The molecule has 1 aliphatic rings. The Bertz CT molecular complexity index is 692. The van der Waals surface area contributed by atoms with Gasteiger partial charge in [-0.15, -0.1) is 11.3 Å². The van der Waals surface area contributed by atoms with Crippen LogP contribution in [0.5, 0.6) is 0 Å². The van der Waals surface area contributed by atoms with Crippen LogP contribution in [0.15, 0.2) is 42.5 Å². The number of aryl methyl sites for hydroxylation is 1. The number of rotatable bonds is 4. The second-order valence-electron chi connectivity index (χ2n) is 4.95. The summed E-state index contributed by atoms with van der Waals surface area (Å²) in [7, 11) is 0. The van der Waals surface area contributed by atoms with E-state index in [9.17, 15) is 4.79 Å². The predicted octanol–water partition coefficient (Wildman–Crippen LogP) is 2.87. The van der Waals surface area contributed by atoms with Crippen molar-refractivity contribution in [3.05, 3.63) is 58.5 Å². The first-order valence-corrected chi connectivity index (χ1v) is 7.78. The lowest BCUT2D eigenvalue weighted by Crippen LogP contribution is -2.20. The largest absolute Gasteiger partial charge is 0.494 e. The zero-order valence-electron chi connectivity index (χ0n) is 12.2. The molecule has 0 radical (unpaired) electrons. The van der Waals surface area contributed by atoms with Gasteiger partial charge in [0.1, 0.15) is 19.5 Å². The Balaban J connectivity index is 1.62. The number of anilines is 1. The minimum atomic E-state index is -0.337. The van der Waals surface area contributed by atoms with Crippen LogP contribution < -0.4 is 5.32 Å². The van der Waals surface area contributed by atoms with Crippen LogP contribution in [-0.4, -0.2) is 24.1 Å². The molecule has 1 N–H and O–H groups in total. The lowest BCUT2D eigenvalue weighted by molar-refractivity contribution is -0.117. The topological polar surface area (TPSA) is 60.5 Å². The van der Waals surface area contributed by atoms with Crippen LogP contribution in [-0.2, 0) is 20.7 Å². The number of carbonyl (C=O) groups excluding carboxylic acids is 1. The fourth-order valence-electron chi connectivity index (χ4n) is 2.00. The van der Waals surface area contributed by atoms with Crippen molar-refractivity contribution in [2.75, 3.05) is 18.5 Å². The molecule has 1 aliphatic heterocycles. The molecule has 0 fully saturated rings. The predicted molar refractivity (Wildman–Crippen MR) is 84.7 cm³/mol. The van der Waals surface area contributed by atoms with E-state index in [4.69, 9.17) is 9.47 Å². The first-order valence-electron chi connectivity index (χ1n) is 6.97. The molecular formula is C16H16N2O3S. The highest BCUT2D eigenvalue weighted by atomic mass is 32.1. The Morgan fingerprint density at radius 3 is 2.86 bits per heavy atom. The average Bonchev–Trinajstić information content (AvgIpc) is 2.97. The van der Waals surface area contributed by atoms with Gasteiger partial charge in [0, 0.05) is 17.5 Å². The van der Waals surface area contributed by atoms with Crippen LogP contribution >= 0.6 is 11.3 Å². The standard InChI is InChI=1S/C16H16N2O3S/c1-11-2-4-12(5-3-11)8-13-9-17-16(22-13)18-15(19)14-10-20-6-7-21-14/h2-5,9-10H,6-8H2,1H3,(H,17,18,19). The van der Waals surface area contributed by atoms with Crippen molar-refractivity contribution in [3.63, 3.8) is 0 Å². The number of amides is 1. The molecule has 6 heteroatoms. The highest BCUT2D eigenvalue weighted by Crippen LogP contribution is 2.22. The van der Waals surface area contributed by atoms with Gasteiger partial charge >= 0.3 is 0 Å². The maximum Gasteiger partial charge on any atom is 0.295 e. The van der Waals surface area contributed by atoms with E-state index in [0.29, 0.717) is 18.3 Å². The van der Waals surface area contributed by atoms with Gasteiger partial charge in [-0.3, -0.25) is 10.1 Å². The Kier molecular flexibility index (Phi) is 4.39. The van der Waals surface area contributed by atoms with Crippen LogP contribution in [0.3, 0.4) is 0 Å². The molecule has 0 atom stereocenters. The van der Waals surface area contributed by atoms with Gasteiger partial charge in [0.2, 0.25) is 5.76 Å². The van der Waals surface area contributed by atoms with Gasteiger partial charge < -0.3 is 9.47 Å². The summed E-state index contributed by atoms with van der Waals surface area (Å²) in [6.45, 7) is 2.92. The molecule has 0 saturated heterocycles. The Morgan fingerprint density at radius 2 is 2.14 bits per heavy atom. The summed E-state index contributed by atoms with van der Waals surface area (Å²) in [5, 5.41) is 3.28. The summed E-state index contributed by atoms with van der Waals surface area (Å²) < 4.78 is 10.3. The first kappa shape index (κ1) is 14.6. The van der Waals surface area contributed by atoms with Crippen molar-refractivity contribution < 1.29 is 14.3 Å². The molecule has 0 spiro atoms. The molecule has 1 aromatic heterocycles. The zero-order valence-corrected chi connectivity index (χ0v) is 13.0. The summed E-state index contributed by atoms with van der Waals surface area (Å²) in [5.41, 5.74) is 2.46. The normalized spacial score (nSPS) is 13.8. The van der Waals surface area contributed by atoms with Crippen LogP contribution in [0.2, 0.25) is 0 Å². The summed E-state index contributed by atoms with van der Waals surface area (Å²) in [4.78, 5) is 17.3. The molecule has 0 aliphatic carbocycles. The van der Waals surface area contributed by atoms with Gasteiger partial charge in [0.05, 0.1) is 0 Å². The number of nitrogens with zero attached hydrogens (tertiary/aromatic N) is 1. The van der Waals surface area contributed by atoms with E-state index in [1.54, 1.807) is 6.20 Å². The minimum Gasteiger partial charge on any atom is -0.494 e. The second kappa shape index (κ2) is 6.62. The smallest absolute Gasteiger partial charge is 0.295 e. The molecule has 0 saturated carbocycles. The van der Waals surface area contributed by atoms with Crippen molar-refractivity contribution in [1.82, 2.24) is 4.98 Å². The quantitative estimate of drug-likeness (QED) is 0.942. The Hall–Kier alpha value is -2.34. The molecular weight excluding hydrogens is 300 g/mol. The number of nitrogens with one attached hydrogen (secondary N) is 1. The maximum atomic E-state index is 12.0. The van der Waals surface area contributed by atoms with Crippen LogP contribution in [0.1, 0.15) is 16.0 Å². The number of carbonyl (C=O) groups is 1. The van der Waals surface area contributed by atoms with Gasteiger partial charge in [0.15, 0.2) is 5.13 Å². The monoisotopic (exact) mass is 316 g/mol. The van der Waals surface area contributed by atoms with E-state index in [-0.39, 0.29) is 11.7 Å². The van der Waals surface area contributed by atoms with Crippen molar-refractivity contribution in [2.24, 2.45) is 0 Å². The average molecular weight is 316 g/mol. The van der Waals surface area contributed by atoms with Crippen molar-refractivity contribution >= 4 is 22.4 Å². The SMILES string of the molecule is Cc1ccc(Cc2cnc(NC(=O)C3=COCCO3)s2)cc1. The van der Waals surface area contributed by atoms with Gasteiger partial charge in [-0.25, -0.2) is 4.98 Å². The lowest BCUT2D eigenvalue weighted by atomic mass is 10.1. The molecule has 0 bridgehead atoms. The van der Waals surface area contributed by atoms with E-state index in [1.165, 1.54) is 28.7 Å². The third-order valence-corrected chi connectivity index (χ3v) is 4.06. The summed E-state index contributed by atoms with van der Waals surface area (Å²) in [6, 6.07) is 8.38. The fraction of sp³-hybridized carbons (Fsp3) is 0.250. The summed E-state index contributed by atoms with van der Waals surface area (Å²) in [5.74, 6) is -0.155. The van der Waals surface area contributed by atoms with Crippen molar-refractivity contribution in [1.29, 1.82) is 0 Å². The Morgan fingerprint density at radius 1 is 1.32 bits per heavy atom. The summed E-state index contributed by atoms with van der Waals surface area (Å²) >= 11 is 1.46. The lowest BCUT2D eigenvalue weighted by Gasteiger charge is -2.14. The van der Waals surface area contributed by atoms with Crippen LogP contribution in [0.4, 0.5) is 5.13 Å². The third kappa shape index (κ3) is 3.65. The molecule has 0 unspecified atom stereocenters. The third-order valence-electron chi connectivity index (χ3n) is 3.15. The number of ether oxygens (including phenoxy) is 2. The second-order valence-corrected chi connectivity index (χ2v) is 6.06. The number of hydrogen-bond acceptors (Lipinski definition) is 5. The molecule has 22 heavy (non-hydrogen) atoms. The van der Waals surface area contributed by atoms with Crippen LogP contribution in [0, 0.1) is 6.92 Å².